The first-order valence-electron chi connectivity index (χ1n) is 5.43. The fraction of sp³-hybridized carbons (Fsp3) is 0.333. The number of hydrogen-bond donors (Lipinski definition) is 1. The van der Waals surface area contributed by atoms with Crippen molar-refractivity contribution in [3.05, 3.63) is 34.4 Å². The predicted molar refractivity (Wildman–Crippen MR) is 72.7 cm³/mol. The van der Waals surface area contributed by atoms with Crippen molar-refractivity contribution in [2.45, 2.75) is 13.5 Å². The van der Waals surface area contributed by atoms with Gasteiger partial charge in [-0.05, 0) is 19.1 Å². The largest absolute Gasteiger partial charge is 0.378 e. The van der Waals surface area contributed by atoms with Gasteiger partial charge in [0.15, 0.2) is 0 Å². The van der Waals surface area contributed by atoms with E-state index in [1.807, 2.05) is 44.2 Å². The first-order chi connectivity index (χ1) is 8.15. The van der Waals surface area contributed by atoms with E-state index >= 15 is 0 Å². The Morgan fingerprint density at radius 2 is 2.18 bits per heavy atom. The molecule has 0 bridgehead atoms. The standard InChI is InChI=1S/C12H16N4S/c1-9-15-11(8-17-9)7-13-10-4-5-12(14-6-10)16(2)3/h4-6,8,13H,7H2,1-3H3. The zero-order valence-corrected chi connectivity index (χ0v) is 11.1. The first-order valence-corrected chi connectivity index (χ1v) is 6.31. The monoisotopic (exact) mass is 248 g/mol. The van der Waals surface area contributed by atoms with Crippen LogP contribution in [0.15, 0.2) is 23.7 Å². The molecule has 2 aromatic rings. The van der Waals surface area contributed by atoms with Crippen molar-refractivity contribution in [1.82, 2.24) is 9.97 Å². The molecule has 2 aromatic heterocycles. The number of pyridine rings is 1. The second-order valence-corrected chi connectivity index (χ2v) is 5.07. The van der Waals surface area contributed by atoms with Gasteiger partial charge < -0.3 is 10.2 Å². The van der Waals surface area contributed by atoms with Gasteiger partial charge in [0.2, 0.25) is 0 Å². The molecule has 0 saturated heterocycles. The van der Waals surface area contributed by atoms with E-state index in [1.54, 1.807) is 11.3 Å². The van der Waals surface area contributed by atoms with Gasteiger partial charge in [0.1, 0.15) is 5.82 Å². The lowest BCUT2D eigenvalue weighted by atomic mass is 10.3. The Morgan fingerprint density at radius 1 is 1.35 bits per heavy atom. The topological polar surface area (TPSA) is 41.1 Å². The molecule has 90 valence electrons. The molecule has 0 atom stereocenters. The van der Waals surface area contributed by atoms with Crippen molar-refractivity contribution in [3.63, 3.8) is 0 Å². The molecule has 0 amide bonds. The van der Waals surface area contributed by atoms with Crippen molar-refractivity contribution in [2.24, 2.45) is 0 Å². The number of aromatic nitrogens is 2. The van der Waals surface area contributed by atoms with Gasteiger partial charge in [0, 0.05) is 19.5 Å². The van der Waals surface area contributed by atoms with Gasteiger partial charge in [-0.1, -0.05) is 0 Å². The van der Waals surface area contributed by atoms with Crippen LogP contribution in [0.25, 0.3) is 0 Å². The molecule has 0 radical (unpaired) electrons. The van der Waals surface area contributed by atoms with Gasteiger partial charge in [0.25, 0.3) is 0 Å². The van der Waals surface area contributed by atoms with E-state index in [2.05, 4.69) is 20.7 Å². The molecular weight excluding hydrogens is 232 g/mol. The summed E-state index contributed by atoms with van der Waals surface area (Å²) in [5.74, 6) is 0.958. The van der Waals surface area contributed by atoms with Crippen LogP contribution in [0.3, 0.4) is 0 Å². The van der Waals surface area contributed by atoms with Crippen LogP contribution in [0.4, 0.5) is 11.5 Å². The molecule has 5 heteroatoms. The van der Waals surface area contributed by atoms with Gasteiger partial charge in [-0.15, -0.1) is 11.3 Å². The zero-order valence-electron chi connectivity index (χ0n) is 10.3. The maximum absolute atomic E-state index is 4.40. The molecule has 2 heterocycles. The zero-order chi connectivity index (χ0) is 12.3. The third kappa shape index (κ3) is 3.17. The Bertz CT molecular complexity index is 476. The Kier molecular flexibility index (Phi) is 3.58. The molecule has 0 aliphatic heterocycles. The molecule has 17 heavy (non-hydrogen) atoms. The van der Waals surface area contributed by atoms with Crippen LogP contribution in [0.2, 0.25) is 0 Å². The number of hydrogen-bond acceptors (Lipinski definition) is 5. The fourth-order valence-electron chi connectivity index (χ4n) is 1.44. The van der Waals surface area contributed by atoms with Gasteiger partial charge in [-0.25, -0.2) is 9.97 Å². The quantitative estimate of drug-likeness (QED) is 0.902. The molecule has 1 N–H and O–H groups in total. The van der Waals surface area contributed by atoms with E-state index in [4.69, 9.17) is 0 Å². The van der Waals surface area contributed by atoms with Gasteiger partial charge >= 0.3 is 0 Å². The highest BCUT2D eigenvalue weighted by atomic mass is 32.1. The summed E-state index contributed by atoms with van der Waals surface area (Å²) in [6.07, 6.45) is 1.84. The summed E-state index contributed by atoms with van der Waals surface area (Å²) in [5.41, 5.74) is 2.09. The van der Waals surface area contributed by atoms with Crippen LogP contribution in [0, 0.1) is 6.92 Å². The van der Waals surface area contributed by atoms with Crippen molar-refractivity contribution in [3.8, 4) is 0 Å². The number of thiazole rings is 1. The minimum atomic E-state index is 0.743. The molecule has 0 spiro atoms. The summed E-state index contributed by atoms with van der Waals surface area (Å²) in [5, 5.41) is 6.48. The molecule has 0 aliphatic carbocycles. The average Bonchev–Trinajstić information content (AvgIpc) is 2.73. The van der Waals surface area contributed by atoms with Gasteiger partial charge in [0.05, 0.1) is 29.1 Å². The minimum absolute atomic E-state index is 0.743. The van der Waals surface area contributed by atoms with Crippen LogP contribution >= 0.6 is 11.3 Å². The lowest BCUT2D eigenvalue weighted by Crippen LogP contribution is -2.10. The average molecular weight is 248 g/mol. The maximum Gasteiger partial charge on any atom is 0.128 e. The van der Waals surface area contributed by atoms with Crippen LogP contribution in [-0.2, 0) is 6.54 Å². The first kappa shape index (κ1) is 11.9. The predicted octanol–water partition coefficient (Wildman–Crippen LogP) is 2.52. The van der Waals surface area contributed by atoms with E-state index < -0.39 is 0 Å². The lowest BCUT2D eigenvalue weighted by molar-refractivity contribution is 1.04. The smallest absolute Gasteiger partial charge is 0.128 e. The minimum Gasteiger partial charge on any atom is -0.378 e. The van der Waals surface area contributed by atoms with Crippen LogP contribution in [-0.4, -0.2) is 24.1 Å². The normalized spacial score (nSPS) is 10.3. The summed E-state index contributed by atoms with van der Waals surface area (Å²) >= 11 is 1.67. The molecule has 0 fully saturated rings. The van der Waals surface area contributed by atoms with E-state index in [0.717, 1.165) is 28.8 Å². The highest BCUT2D eigenvalue weighted by Gasteiger charge is 2.00. The van der Waals surface area contributed by atoms with Crippen molar-refractivity contribution in [2.75, 3.05) is 24.3 Å². The second-order valence-electron chi connectivity index (χ2n) is 4.01. The Hall–Kier alpha value is -1.62. The second kappa shape index (κ2) is 5.14. The SMILES string of the molecule is Cc1nc(CNc2ccc(N(C)C)nc2)cs1. The fourth-order valence-corrected chi connectivity index (χ4v) is 2.05. The van der Waals surface area contributed by atoms with Crippen molar-refractivity contribution < 1.29 is 0 Å². The number of aryl methyl sites for hydroxylation is 1. The number of nitrogens with one attached hydrogen (secondary N) is 1. The third-order valence-corrected chi connectivity index (χ3v) is 3.17. The molecule has 2 rings (SSSR count). The van der Waals surface area contributed by atoms with Gasteiger partial charge in [-0.2, -0.15) is 0 Å². The molecule has 0 unspecified atom stereocenters. The summed E-state index contributed by atoms with van der Waals surface area (Å²) in [6.45, 7) is 2.76. The number of anilines is 2. The Balaban J connectivity index is 1.95. The van der Waals surface area contributed by atoms with Crippen LogP contribution < -0.4 is 10.2 Å². The highest BCUT2D eigenvalue weighted by molar-refractivity contribution is 7.09. The molecule has 0 aliphatic rings. The molecule has 0 aromatic carbocycles. The summed E-state index contributed by atoms with van der Waals surface area (Å²) in [6, 6.07) is 4.02. The molecule has 0 saturated carbocycles. The van der Waals surface area contributed by atoms with E-state index in [0.29, 0.717) is 0 Å². The number of nitrogens with zero attached hydrogens (tertiary/aromatic N) is 3. The molecular formula is C12H16N4S. The molecule has 4 nitrogen and oxygen atoms in total. The summed E-state index contributed by atoms with van der Waals surface area (Å²) in [4.78, 5) is 10.7. The number of rotatable bonds is 4. The summed E-state index contributed by atoms with van der Waals surface area (Å²) in [7, 11) is 3.96. The van der Waals surface area contributed by atoms with Crippen LogP contribution in [0.1, 0.15) is 10.7 Å². The van der Waals surface area contributed by atoms with E-state index in [-0.39, 0.29) is 0 Å². The Labute approximate surface area is 105 Å². The maximum atomic E-state index is 4.40. The Morgan fingerprint density at radius 3 is 2.71 bits per heavy atom. The van der Waals surface area contributed by atoms with Crippen molar-refractivity contribution in [1.29, 1.82) is 0 Å². The lowest BCUT2D eigenvalue weighted by Gasteiger charge is -2.11. The summed E-state index contributed by atoms with van der Waals surface area (Å²) < 4.78 is 0. The third-order valence-electron chi connectivity index (χ3n) is 2.35. The van der Waals surface area contributed by atoms with Gasteiger partial charge in [-0.3, -0.25) is 0 Å². The highest BCUT2D eigenvalue weighted by Crippen LogP contribution is 2.14. The van der Waals surface area contributed by atoms with E-state index in [9.17, 15) is 0 Å². The van der Waals surface area contributed by atoms with Crippen molar-refractivity contribution >= 4 is 22.8 Å². The van der Waals surface area contributed by atoms with Crippen LogP contribution in [0.5, 0.6) is 0 Å². The van der Waals surface area contributed by atoms with E-state index in [1.165, 1.54) is 0 Å².